The third-order valence-corrected chi connectivity index (χ3v) is 4.33. The smallest absolute Gasteiger partial charge is 0.119 e. The third-order valence-electron chi connectivity index (χ3n) is 3.48. The largest absolute Gasteiger partial charge is 0.491 e. The van der Waals surface area contributed by atoms with Crippen molar-refractivity contribution in [1.29, 1.82) is 0 Å². The Morgan fingerprint density at radius 2 is 2.05 bits per heavy atom. The Morgan fingerprint density at radius 1 is 1.29 bits per heavy atom. The number of nitrogens with one attached hydrogen (secondary N) is 1. The van der Waals surface area contributed by atoms with Gasteiger partial charge in [-0.3, -0.25) is 0 Å². The van der Waals surface area contributed by atoms with Gasteiger partial charge in [0.1, 0.15) is 10.8 Å². The number of aromatic nitrogens is 1. The van der Waals surface area contributed by atoms with Crippen LogP contribution in [0.2, 0.25) is 0 Å². The van der Waals surface area contributed by atoms with E-state index in [4.69, 9.17) is 9.72 Å². The van der Waals surface area contributed by atoms with Crippen LogP contribution in [-0.2, 0) is 6.54 Å². The van der Waals surface area contributed by atoms with E-state index in [0.29, 0.717) is 0 Å². The van der Waals surface area contributed by atoms with Gasteiger partial charge < -0.3 is 10.1 Å². The fraction of sp³-hybridized carbons (Fsp3) is 0.471. The first-order valence-electron chi connectivity index (χ1n) is 7.63. The van der Waals surface area contributed by atoms with Crippen LogP contribution < -0.4 is 10.1 Å². The molecular weight excluding hydrogens is 280 g/mol. The van der Waals surface area contributed by atoms with Crippen LogP contribution in [0.3, 0.4) is 0 Å². The second-order valence-corrected chi connectivity index (χ2v) is 6.83. The monoisotopic (exact) mass is 302 g/mol. The van der Waals surface area contributed by atoms with Gasteiger partial charge in [-0.05, 0) is 63.4 Å². The Morgan fingerprint density at radius 3 is 2.71 bits per heavy atom. The molecule has 2 aromatic rings. The van der Waals surface area contributed by atoms with Crippen molar-refractivity contribution in [3.8, 4) is 17.0 Å². The van der Waals surface area contributed by atoms with E-state index in [-0.39, 0.29) is 6.10 Å². The Kier molecular flexibility index (Phi) is 4.56. The molecule has 1 saturated carbocycles. The van der Waals surface area contributed by atoms with Crippen molar-refractivity contribution in [3.05, 3.63) is 34.7 Å². The Balaban J connectivity index is 1.59. The number of benzene rings is 1. The van der Waals surface area contributed by atoms with E-state index in [1.807, 2.05) is 26.0 Å². The van der Waals surface area contributed by atoms with Crippen LogP contribution in [-0.4, -0.2) is 17.6 Å². The second kappa shape index (κ2) is 6.58. The summed E-state index contributed by atoms with van der Waals surface area (Å²) in [5, 5.41) is 6.78. The van der Waals surface area contributed by atoms with Gasteiger partial charge in [-0.2, -0.15) is 0 Å². The number of ether oxygens (including phenoxy) is 1. The molecule has 1 aromatic carbocycles. The molecule has 0 saturated heterocycles. The molecule has 0 atom stereocenters. The van der Waals surface area contributed by atoms with Crippen molar-refractivity contribution in [2.75, 3.05) is 6.54 Å². The highest BCUT2D eigenvalue weighted by molar-refractivity contribution is 7.09. The van der Waals surface area contributed by atoms with E-state index in [9.17, 15) is 0 Å². The minimum Gasteiger partial charge on any atom is -0.491 e. The third kappa shape index (κ3) is 4.29. The van der Waals surface area contributed by atoms with Gasteiger partial charge in [-0.1, -0.05) is 0 Å². The lowest BCUT2D eigenvalue weighted by molar-refractivity contribution is 0.242. The van der Waals surface area contributed by atoms with Crippen molar-refractivity contribution >= 4 is 11.3 Å². The molecule has 3 nitrogen and oxygen atoms in total. The van der Waals surface area contributed by atoms with Crippen LogP contribution in [0.25, 0.3) is 11.3 Å². The quantitative estimate of drug-likeness (QED) is 0.836. The van der Waals surface area contributed by atoms with Crippen LogP contribution >= 0.6 is 11.3 Å². The number of rotatable bonds is 7. The maximum atomic E-state index is 5.66. The van der Waals surface area contributed by atoms with Crippen molar-refractivity contribution in [2.24, 2.45) is 5.92 Å². The van der Waals surface area contributed by atoms with Gasteiger partial charge in [0.15, 0.2) is 0 Å². The summed E-state index contributed by atoms with van der Waals surface area (Å²) in [7, 11) is 0. The molecule has 1 heterocycles. The molecule has 3 rings (SSSR count). The van der Waals surface area contributed by atoms with Gasteiger partial charge in [0, 0.05) is 17.5 Å². The van der Waals surface area contributed by atoms with E-state index >= 15 is 0 Å². The lowest BCUT2D eigenvalue weighted by Gasteiger charge is -2.09. The second-order valence-electron chi connectivity index (χ2n) is 5.89. The molecule has 1 aromatic heterocycles. The molecule has 4 heteroatoms. The SMILES string of the molecule is CC(C)Oc1ccc(-c2csc(CNCC3CC3)n2)cc1. The summed E-state index contributed by atoms with van der Waals surface area (Å²) in [6.45, 7) is 6.09. The predicted molar refractivity (Wildman–Crippen MR) is 87.7 cm³/mol. The Labute approximate surface area is 130 Å². The van der Waals surface area contributed by atoms with Crippen molar-refractivity contribution in [3.63, 3.8) is 0 Å². The molecule has 1 aliphatic carbocycles. The topological polar surface area (TPSA) is 34.1 Å². The molecule has 1 aliphatic rings. The number of hydrogen-bond donors (Lipinski definition) is 1. The normalized spacial score (nSPS) is 14.6. The van der Waals surface area contributed by atoms with E-state index in [1.165, 1.54) is 12.8 Å². The first-order valence-corrected chi connectivity index (χ1v) is 8.51. The summed E-state index contributed by atoms with van der Waals surface area (Å²) in [4.78, 5) is 4.70. The van der Waals surface area contributed by atoms with Crippen LogP contribution in [0.15, 0.2) is 29.6 Å². The molecule has 0 spiro atoms. The summed E-state index contributed by atoms with van der Waals surface area (Å²) in [6.07, 6.45) is 2.99. The van der Waals surface area contributed by atoms with Crippen molar-refractivity contribution < 1.29 is 4.74 Å². The summed E-state index contributed by atoms with van der Waals surface area (Å²) < 4.78 is 5.66. The molecular formula is C17H22N2OS. The molecule has 0 amide bonds. The highest BCUT2D eigenvalue weighted by Gasteiger charge is 2.20. The standard InChI is InChI=1S/C17H22N2OS/c1-12(2)20-15-7-5-14(6-8-15)16-11-21-17(19-16)10-18-9-13-3-4-13/h5-8,11-13,18H,3-4,9-10H2,1-2H3. The Bertz CT molecular complexity index is 573. The van der Waals surface area contributed by atoms with E-state index in [2.05, 4.69) is 22.8 Å². The number of hydrogen-bond acceptors (Lipinski definition) is 4. The Hall–Kier alpha value is -1.39. The van der Waals surface area contributed by atoms with E-state index < -0.39 is 0 Å². The molecule has 0 aliphatic heterocycles. The number of nitrogens with zero attached hydrogens (tertiary/aromatic N) is 1. The molecule has 1 N–H and O–H groups in total. The van der Waals surface area contributed by atoms with Crippen LogP contribution in [0.5, 0.6) is 5.75 Å². The summed E-state index contributed by atoms with van der Waals surface area (Å²) in [5.41, 5.74) is 2.20. The van der Waals surface area contributed by atoms with Gasteiger partial charge >= 0.3 is 0 Å². The van der Waals surface area contributed by atoms with Crippen molar-refractivity contribution in [2.45, 2.75) is 39.3 Å². The van der Waals surface area contributed by atoms with E-state index in [1.54, 1.807) is 11.3 Å². The first kappa shape index (κ1) is 14.5. The number of thiazole rings is 1. The lowest BCUT2D eigenvalue weighted by atomic mass is 10.2. The van der Waals surface area contributed by atoms with Crippen LogP contribution in [0, 0.1) is 5.92 Å². The molecule has 21 heavy (non-hydrogen) atoms. The maximum Gasteiger partial charge on any atom is 0.119 e. The molecule has 0 bridgehead atoms. The zero-order valence-electron chi connectivity index (χ0n) is 12.6. The average molecular weight is 302 g/mol. The van der Waals surface area contributed by atoms with Crippen molar-refractivity contribution in [1.82, 2.24) is 10.3 Å². The van der Waals surface area contributed by atoms with Crippen LogP contribution in [0.4, 0.5) is 0 Å². The molecule has 112 valence electrons. The summed E-state index contributed by atoms with van der Waals surface area (Å²) in [5.74, 6) is 1.83. The van der Waals surface area contributed by atoms with Gasteiger partial charge in [0.2, 0.25) is 0 Å². The minimum absolute atomic E-state index is 0.208. The maximum absolute atomic E-state index is 5.66. The van der Waals surface area contributed by atoms with Gasteiger partial charge in [0.05, 0.1) is 11.8 Å². The molecule has 1 fully saturated rings. The zero-order chi connectivity index (χ0) is 14.7. The van der Waals surface area contributed by atoms with Gasteiger partial charge in [-0.25, -0.2) is 4.98 Å². The first-order chi connectivity index (χ1) is 10.2. The highest BCUT2D eigenvalue weighted by Crippen LogP contribution is 2.28. The lowest BCUT2D eigenvalue weighted by Crippen LogP contribution is -2.15. The predicted octanol–water partition coefficient (Wildman–Crippen LogP) is 4.10. The molecule has 0 radical (unpaired) electrons. The molecule has 0 unspecified atom stereocenters. The summed E-state index contributed by atoms with van der Waals surface area (Å²) >= 11 is 1.73. The fourth-order valence-electron chi connectivity index (χ4n) is 2.21. The fourth-order valence-corrected chi connectivity index (χ4v) is 2.98. The minimum atomic E-state index is 0.208. The summed E-state index contributed by atoms with van der Waals surface area (Å²) in [6, 6.07) is 8.18. The van der Waals surface area contributed by atoms with E-state index in [0.717, 1.165) is 41.0 Å². The van der Waals surface area contributed by atoms with Gasteiger partial charge in [0.25, 0.3) is 0 Å². The van der Waals surface area contributed by atoms with Crippen LogP contribution in [0.1, 0.15) is 31.7 Å². The average Bonchev–Trinajstić information content (AvgIpc) is 3.16. The zero-order valence-corrected chi connectivity index (χ0v) is 13.5. The highest BCUT2D eigenvalue weighted by atomic mass is 32.1. The van der Waals surface area contributed by atoms with Gasteiger partial charge in [-0.15, -0.1) is 11.3 Å².